The summed E-state index contributed by atoms with van der Waals surface area (Å²) in [5, 5.41) is 7.61. The van der Waals surface area contributed by atoms with E-state index in [4.69, 9.17) is 16.3 Å². The van der Waals surface area contributed by atoms with Crippen molar-refractivity contribution in [2.75, 3.05) is 16.8 Å². The zero-order valence-corrected chi connectivity index (χ0v) is 21.5. The van der Waals surface area contributed by atoms with Gasteiger partial charge in [-0.05, 0) is 45.9 Å². The van der Waals surface area contributed by atoms with Gasteiger partial charge in [0.15, 0.2) is 0 Å². The van der Waals surface area contributed by atoms with Crippen molar-refractivity contribution in [2.45, 2.75) is 51.8 Å². The lowest BCUT2D eigenvalue weighted by molar-refractivity contribution is -0.117. The van der Waals surface area contributed by atoms with Gasteiger partial charge in [-0.15, -0.1) is 11.3 Å². The number of aromatic nitrogens is 3. The molecule has 0 spiro atoms. The van der Waals surface area contributed by atoms with Crippen molar-refractivity contribution in [1.29, 1.82) is 0 Å². The zero-order valence-electron chi connectivity index (χ0n) is 19.9. The topological polar surface area (TPSA) is 109 Å². The lowest BCUT2D eigenvalue weighted by Crippen LogP contribution is -2.40. The normalized spacial score (nSPS) is 16.8. The highest BCUT2D eigenvalue weighted by molar-refractivity contribution is 7.15. The second-order valence-corrected chi connectivity index (χ2v) is 10.7. The predicted molar refractivity (Wildman–Crippen MR) is 137 cm³/mol. The molecule has 35 heavy (non-hydrogen) atoms. The third-order valence-electron chi connectivity index (χ3n) is 5.15. The van der Waals surface area contributed by atoms with Crippen LogP contribution in [0.2, 0.25) is 5.02 Å². The number of nitrogens with zero attached hydrogens (tertiary/aromatic N) is 4. The Bertz CT molecular complexity index is 1210. The summed E-state index contributed by atoms with van der Waals surface area (Å²) in [5.41, 5.74) is 0.391. The summed E-state index contributed by atoms with van der Waals surface area (Å²) in [6.45, 7) is 7.68. The van der Waals surface area contributed by atoms with Gasteiger partial charge in [0.25, 0.3) is 0 Å². The number of hydrogen-bond donors (Lipinski definition) is 2. The van der Waals surface area contributed by atoms with E-state index in [1.807, 2.05) is 37.4 Å². The van der Waals surface area contributed by atoms with Crippen molar-refractivity contribution in [3.8, 4) is 10.6 Å². The van der Waals surface area contributed by atoms with E-state index in [9.17, 15) is 9.59 Å². The molecule has 1 aliphatic rings. The third-order valence-corrected chi connectivity index (χ3v) is 6.63. The quantitative estimate of drug-likeness (QED) is 0.473. The highest BCUT2D eigenvalue weighted by Gasteiger charge is 2.33. The van der Waals surface area contributed by atoms with Crippen molar-refractivity contribution in [3.05, 3.63) is 52.6 Å². The van der Waals surface area contributed by atoms with E-state index in [0.29, 0.717) is 23.3 Å². The maximum absolute atomic E-state index is 12.6. The molecule has 0 unspecified atom stereocenters. The van der Waals surface area contributed by atoms with Crippen LogP contribution >= 0.6 is 22.9 Å². The smallest absolute Gasteiger partial charge is 0.407 e. The van der Waals surface area contributed by atoms with Crippen LogP contribution in [0.1, 0.15) is 45.0 Å². The minimum absolute atomic E-state index is 0.0975. The fourth-order valence-electron chi connectivity index (χ4n) is 3.55. The first-order valence-corrected chi connectivity index (χ1v) is 12.4. The average Bonchev–Trinajstić information content (AvgIpc) is 3.40. The molecule has 3 aromatic rings. The van der Waals surface area contributed by atoms with Gasteiger partial charge in [-0.2, -0.15) is 4.98 Å². The molecule has 1 saturated heterocycles. The second-order valence-electron chi connectivity index (χ2n) is 9.23. The summed E-state index contributed by atoms with van der Waals surface area (Å²) >= 11 is 7.55. The van der Waals surface area contributed by atoms with Crippen molar-refractivity contribution in [3.63, 3.8) is 0 Å². The van der Waals surface area contributed by atoms with Gasteiger partial charge in [0.1, 0.15) is 16.4 Å². The number of carbonyl (C=O) groups is 2. The first-order valence-electron chi connectivity index (χ1n) is 11.2. The number of nitrogens with one attached hydrogen (secondary N) is 2. The zero-order chi connectivity index (χ0) is 25.2. The number of ether oxygens (including phenoxy) is 1. The molecule has 2 amide bonds. The van der Waals surface area contributed by atoms with Crippen LogP contribution in [0.3, 0.4) is 0 Å². The van der Waals surface area contributed by atoms with Crippen LogP contribution in [-0.4, -0.2) is 45.1 Å². The standard InChI is InChI=1S/C24H27ClN6O3S/c1-14(18-12-27-21(35-18)15-5-7-16(25)8-6-15)28-22-26-10-9-19(30-22)31-13-17(11-20(31)32)29-23(33)34-24(2,3)4/h5-10,12,14,17H,11,13H2,1-4H3,(H,29,33)(H,26,28,30)/t14-,17-/m0/s1. The number of rotatable bonds is 6. The maximum Gasteiger partial charge on any atom is 0.407 e. The molecule has 11 heteroatoms. The number of amides is 2. The number of halogens is 1. The minimum Gasteiger partial charge on any atom is -0.444 e. The molecule has 0 bridgehead atoms. The summed E-state index contributed by atoms with van der Waals surface area (Å²) in [6.07, 6.45) is 3.06. The summed E-state index contributed by atoms with van der Waals surface area (Å²) in [6, 6.07) is 8.78. The molecular formula is C24H27ClN6O3S. The average molecular weight is 515 g/mol. The molecule has 0 saturated carbocycles. The van der Waals surface area contributed by atoms with Gasteiger partial charge >= 0.3 is 6.09 Å². The molecule has 0 aliphatic carbocycles. The number of benzene rings is 1. The van der Waals surface area contributed by atoms with Gasteiger partial charge in [-0.25, -0.2) is 14.8 Å². The van der Waals surface area contributed by atoms with Crippen molar-refractivity contribution in [1.82, 2.24) is 20.3 Å². The van der Waals surface area contributed by atoms with E-state index in [-0.39, 0.29) is 24.4 Å². The molecule has 2 N–H and O–H groups in total. The molecule has 1 fully saturated rings. The Labute approximate surface area is 212 Å². The summed E-state index contributed by atoms with van der Waals surface area (Å²) in [5.74, 6) is 0.742. The van der Waals surface area contributed by atoms with Crippen LogP contribution in [0, 0.1) is 0 Å². The number of hydrogen-bond acceptors (Lipinski definition) is 8. The van der Waals surface area contributed by atoms with E-state index < -0.39 is 11.7 Å². The number of alkyl carbamates (subject to hydrolysis) is 1. The SMILES string of the molecule is C[C@H](Nc1nccc(N2C[C@@H](NC(=O)OC(C)(C)C)CC2=O)n1)c1cnc(-c2ccc(Cl)cc2)s1. The van der Waals surface area contributed by atoms with E-state index in [1.165, 1.54) is 0 Å². The van der Waals surface area contributed by atoms with Gasteiger partial charge in [0.2, 0.25) is 11.9 Å². The lowest BCUT2D eigenvalue weighted by Gasteiger charge is -2.22. The van der Waals surface area contributed by atoms with Crippen LogP contribution in [-0.2, 0) is 9.53 Å². The van der Waals surface area contributed by atoms with Gasteiger partial charge in [0.05, 0.1) is 12.1 Å². The molecular weight excluding hydrogens is 488 g/mol. The number of carbonyl (C=O) groups excluding carboxylic acids is 2. The highest BCUT2D eigenvalue weighted by Crippen LogP contribution is 2.31. The molecule has 4 rings (SSSR count). The van der Waals surface area contributed by atoms with E-state index in [0.717, 1.165) is 15.4 Å². The van der Waals surface area contributed by atoms with E-state index in [1.54, 1.807) is 49.3 Å². The van der Waals surface area contributed by atoms with Gasteiger partial charge in [-0.3, -0.25) is 9.69 Å². The summed E-state index contributed by atoms with van der Waals surface area (Å²) in [4.78, 5) is 40.6. The first-order chi connectivity index (χ1) is 16.6. The fraction of sp³-hybridized carbons (Fsp3) is 0.375. The minimum atomic E-state index is -0.607. The first kappa shape index (κ1) is 24.9. The third kappa shape index (κ3) is 6.46. The Morgan fingerprint density at radius 1 is 1.23 bits per heavy atom. The largest absolute Gasteiger partial charge is 0.444 e. The van der Waals surface area contributed by atoms with E-state index in [2.05, 4.69) is 25.6 Å². The molecule has 1 aliphatic heterocycles. The Morgan fingerprint density at radius 2 is 1.97 bits per heavy atom. The maximum atomic E-state index is 12.6. The monoisotopic (exact) mass is 514 g/mol. The lowest BCUT2D eigenvalue weighted by atomic mass is 10.2. The van der Waals surface area contributed by atoms with Gasteiger partial charge < -0.3 is 15.4 Å². The molecule has 3 heterocycles. The molecule has 0 radical (unpaired) electrons. The van der Waals surface area contributed by atoms with Crippen molar-refractivity contribution >= 4 is 46.7 Å². The Kier molecular flexibility index (Phi) is 7.23. The molecule has 1 aromatic carbocycles. The van der Waals surface area contributed by atoms with E-state index >= 15 is 0 Å². The molecule has 2 atom stereocenters. The predicted octanol–water partition coefficient (Wildman–Crippen LogP) is 5.06. The van der Waals surface area contributed by atoms with Gasteiger partial charge in [0, 0.05) is 40.8 Å². The van der Waals surface area contributed by atoms with Gasteiger partial charge in [-0.1, -0.05) is 23.7 Å². The Morgan fingerprint density at radius 3 is 2.69 bits per heavy atom. The van der Waals surface area contributed by atoms with Crippen LogP contribution in [0.4, 0.5) is 16.6 Å². The summed E-state index contributed by atoms with van der Waals surface area (Å²) < 4.78 is 5.29. The van der Waals surface area contributed by atoms with Crippen molar-refractivity contribution in [2.24, 2.45) is 0 Å². The second kappa shape index (κ2) is 10.2. The molecule has 184 valence electrons. The Balaban J connectivity index is 1.40. The Hall–Kier alpha value is -3.24. The highest BCUT2D eigenvalue weighted by atomic mass is 35.5. The fourth-order valence-corrected chi connectivity index (χ4v) is 4.60. The number of thiazole rings is 1. The van der Waals surface area contributed by atoms with Crippen LogP contribution in [0.5, 0.6) is 0 Å². The summed E-state index contributed by atoms with van der Waals surface area (Å²) in [7, 11) is 0. The number of anilines is 2. The van der Waals surface area contributed by atoms with Crippen LogP contribution in [0.25, 0.3) is 10.6 Å². The molecule has 9 nitrogen and oxygen atoms in total. The van der Waals surface area contributed by atoms with Crippen molar-refractivity contribution < 1.29 is 14.3 Å². The van der Waals surface area contributed by atoms with Crippen LogP contribution in [0.15, 0.2) is 42.7 Å². The van der Waals surface area contributed by atoms with Crippen LogP contribution < -0.4 is 15.5 Å². The molecule has 2 aromatic heterocycles.